The van der Waals surface area contributed by atoms with Gasteiger partial charge in [-0.3, -0.25) is 9.59 Å². The number of thioether (sulfide) groups is 1. The highest BCUT2D eigenvalue weighted by Crippen LogP contribution is 2.39. The van der Waals surface area contributed by atoms with Crippen LogP contribution in [0.25, 0.3) is 0 Å². The molecule has 4 nitrogen and oxygen atoms in total. The van der Waals surface area contributed by atoms with Gasteiger partial charge in [0, 0.05) is 17.5 Å². The average Bonchev–Trinajstić information content (AvgIpc) is 2.73. The van der Waals surface area contributed by atoms with Crippen LogP contribution in [0.15, 0.2) is 83.8 Å². The quantitative estimate of drug-likeness (QED) is 0.449. The van der Waals surface area contributed by atoms with Crippen LogP contribution in [0, 0.1) is 0 Å². The number of para-hydroxylation sites is 1. The van der Waals surface area contributed by atoms with E-state index in [-0.39, 0.29) is 11.6 Å². The number of alkyl halides is 3. The van der Waals surface area contributed by atoms with E-state index in [2.05, 4.69) is 10.6 Å². The highest BCUT2D eigenvalue weighted by Gasteiger charge is 2.34. The molecular weight excluding hydrogens is 425 g/mol. The van der Waals surface area contributed by atoms with Crippen LogP contribution in [0.4, 0.5) is 24.5 Å². The van der Waals surface area contributed by atoms with Gasteiger partial charge in [-0.2, -0.15) is 13.2 Å². The first-order valence-electron chi connectivity index (χ1n) is 9.30. The fourth-order valence-electron chi connectivity index (χ4n) is 2.89. The van der Waals surface area contributed by atoms with Gasteiger partial charge in [0.1, 0.15) is 5.25 Å². The third-order valence-electron chi connectivity index (χ3n) is 4.26. The molecule has 0 aromatic heterocycles. The van der Waals surface area contributed by atoms with E-state index in [1.54, 1.807) is 54.6 Å². The molecule has 3 rings (SSSR count). The van der Waals surface area contributed by atoms with Gasteiger partial charge in [0.25, 0.3) is 0 Å². The first kappa shape index (κ1) is 22.4. The number of carbonyl (C=O) groups excluding carboxylic acids is 2. The lowest BCUT2D eigenvalue weighted by atomic mass is 10.1. The molecule has 0 bridgehead atoms. The van der Waals surface area contributed by atoms with Crippen LogP contribution in [-0.4, -0.2) is 11.8 Å². The Morgan fingerprint density at radius 1 is 0.839 bits per heavy atom. The molecule has 3 aromatic rings. The monoisotopic (exact) mass is 444 g/mol. The standard InChI is InChI=1S/C23H19F3N2O2S/c1-15(29)27-17-11-13-18(14-12-17)31-21(16-7-3-2-4-8-16)22(30)28-20-10-6-5-9-19(20)23(24,25)26/h2-14,21H,1H3,(H,27,29)(H,28,30). The Morgan fingerprint density at radius 3 is 2.06 bits per heavy atom. The van der Waals surface area contributed by atoms with Crippen LogP contribution < -0.4 is 10.6 Å². The molecule has 0 spiro atoms. The van der Waals surface area contributed by atoms with Gasteiger partial charge in [-0.15, -0.1) is 11.8 Å². The van der Waals surface area contributed by atoms with E-state index in [0.29, 0.717) is 11.3 Å². The molecule has 1 unspecified atom stereocenters. The van der Waals surface area contributed by atoms with Crippen molar-refractivity contribution in [2.24, 2.45) is 0 Å². The maximum absolute atomic E-state index is 13.3. The zero-order valence-corrected chi connectivity index (χ0v) is 17.3. The maximum Gasteiger partial charge on any atom is 0.418 e. The number of hydrogen-bond donors (Lipinski definition) is 2. The molecule has 2 amide bonds. The number of amides is 2. The summed E-state index contributed by atoms with van der Waals surface area (Å²) in [6, 6.07) is 20.6. The molecule has 0 aliphatic rings. The number of nitrogens with one attached hydrogen (secondary N) is 2. The third kappa shape index (κ3) is 6.11. The number of carbonyl (C=O) groups is 2. The zero-order valence-electron chi connectivity index (χ0n) is 16.4. The fraction of sp³-hybridized carbons (Fsp3) is 0.130. The van der Waals surface area contributed by atoms with E-state index in [9.17, 15) is 22.8 Å². The predicted octanol–water partition coefficient (Wildman–Crippen LogP) is 6.14. The van der Waals surface area contributed by atoms with Gasteiger partial charge >= 0.3 is 6.18 Å². The van der Waals surface area contributed by atoms with Crippen molar-refractivity contribution in [2.45, 2.75) is 23.2 Å². The summed E-state index contributed by atoms with van der Waals surface area (Å²) in [6.45, 7) is 1.40. The normalized spacial score (nSPS) is 12.1. The van der Waals surface area contributed by atoms with Crippen molar-refractivity contribution >= 4 is 35.0 Å². The second kappa shape index (κ2) is 9.70. The summed E-state index contributed by atoms with van der Waals surface area (Å²) in [5, 5.41) is 4.31. The SMILES string of the molecule is CC(=O)Nc1ccc(SC(C(=O)Nc2ccccc2C(F)(F)F)c2ccccc2)cc1. The van der Waals surface area contributed by atoms with Gasteiger partial charge in [0.15, 0.2) is 0 Å². The summed E-state index contributed by atoms with van der Waals surface area (Å²) in [6.07, 6.45) is -4.58. The molecular formula is C23H19F3N2O2S. The van der Waals surface area contributed by atoms with Crippen LogP contribution in [0.2, 0.25) is 0 Å². The molecule has 0 heterocycles. The van der Waals surface area contributed by atoms with E-state index >= 15 is 0 Å². The van der Waals surface area contributed by atoms with Crippen molar-refractivity contribution in [3.63, 3.8) is 0 Å². The lowest BCUT2D eigenvalue weighted by molar-refractivity contribution is -0.137. The summed E-state index contributed by atoms with van der Waals surface area (Å²) >= 11 is 1.20. The van der Waals surface area contributed by atoms with Crippen LogP contribution in [0.1, 0.15) is 23.3 Å². The fourth-order valence-corrected chi connectivity index (χ4v) is 3.92. The summed E-state index contributed by atoms with van der Waals surface area (Å²) in [7, 11) is 0. The summed E-state index contributed by atoms with van der Waals surface area (Å²) in [5.74, 6) is -0.774. The Kier molecular flexibility index (Phi) is 7.02. The molecule has 8 heteroatoms. The Bertz CT molecular complexity index is 1050. The van der Waals surface area contributed by atoms with Gasteiger partial charge in [-0.1, -0.05) is 42.5 Å². The largest absolute Gasteiger partial charge is 0.418 e. The third-order valence-corrected chi connectivity index (χ3v) is 5.53. The second-order valence-corrected chi connectivity index (χ2v) is 7.83. The van der Waals surface area contributed by atoms with E-state index in [0.717, 1.165) is 11.0 Å². The van der Waals surface area contributed by atoms with Crippen molar-refractivity contribution in [3.05, 3.63) is 90.0 Å². The average molecular weight is 444 g/mol. The van der Waals surface area contributed by atoms with Crippen LogP contribution >= 0.6 is 11.8 Å². The highest BCUT2D eigenvalue weighted by atomic mass is 32.2. The minimum absolute atomic E-state index is 0.203. The first-order valence-corrected chi connectivity index (χ1v) is 10.2. The topological polar surface area (TPSA) is 58.2 Å². The highest BCUT2D eigenvalue weighted by molar-refractivity contribution is 8.00. The number of halogens is 3. The zero-order chi connectivity index (χ0) is 22.4. The van der Waals surface area contributed by atoms with E-state index < -0.39 is 22.9 Å². The van der Waals surface area contributed by atoms with Gasteiger partial charge < -0.3 is 10.6 Å². The molecule has 160 valence electrons. The number of hydrogen-bond acceptors (Lipinski definition) is 3. The molecule has 0 aliphatic carbocycles. The lowest BCUT2D eigenvalue weighted by Crippen LogP contribution is -2.21. The minimum atomic E-state index is -4.58. The Hall–Kier alpha value is -3.26. The maximum atomic E-state index is 13.3. The van der Waals surface area contributed by atoms with Crippen molar-refractivity contribution in [1.29, 1.82) is 0 Å². The van der Waals surface area contributed by atoms with Gasteiger partial charge in [0.2, 0.25) is 11.8 Å². The minimum Gasteiger partial charge on any atom is -0.326 e. The molecule has 0 radical (unpaired) electrons. The van der Waals surface area contributed by atoms with Crippen molar-refractivity contribution in [1.82, 2.24) is 0 Å². The molecule has 1 atom stereocenters. The molecule has 0 aliphatic heterocycles. The lowest BCUT2D eigenvalue weighted by Gasteiger charge is -2.19. The summed E-state index contributed by atoms with van der Waals surface area (Å²) in [4.78, 5) is 24.9. The van der Waals surface area contributed by atoms with E-state index in [1.165, 1.54) is 36.9 Å². The first-order chi connectivity index (χ1) is 14.7. The Morgan fingerprint density at radius 2 is 1.45 bits per heavy atom. The Labute approximate surface area is 181 Å². The molecule has 0 fully saturated rings. The van der Waals surface area contributed by atoms with E-state index in [1.807, 2.05) is 0 Å². The van der Waals surface area contributed by atoms with Crippen LogP contribution in [0.5, 0.6) is 0 Å². The predicted molar refractivity (Wildman–Crippen MR) is 116 cm³/mol. The van der Waals surface area contributed by atoms with E-state index in [4.69, 9.17) is 0 Å². The number of benzene rings is 3. The van der Waals surface area contributed by atoms with Gasteiger partial charge in [-0.25, -0.2) is 0 Å². The van der Waals surface area contributed by atoms with Crippen molar-refractivity contribution < 1.29 is 22.8 Å². The summed E-state index contributed by atoms with van der Waals surface area (Å²) < 4.78 is 39.9. The van der Waals surface area contributed by atoms with Gasteiger partial charge in [0.05, 0.1) is 11.3 Å². The van der Waals surface area contributed by atoms with Crippen LogP contribution in [-0.2, 0) is 15.8 Å². The molecule has 0 saturated heterocycles. The molecule has 2 N–H and O–H groups in total. The number of rotatable bonds is 6. The Balaban J connectivity index is 1.87. The van der Waals surface area contributed by atoms with Gasteiger partial charge in [-0.05, 0) is 42.0 Å². The second-order valence-electron chi connectivity index (χ2n) is 6.65. The molecule has 31 heavy (non-hydrogen) atoms. The smallest absolute Gasteiger partial charge is 0.326 e. The molecule has 3 aromatic carbocycles. The van der Waals surface area contributed by atoms with Crippen molar-refractivity contribution in [2.75, 3.05) is 10.6 Å². The van der Waals surface area contributed by atoms with Crippen LogP contribution in [0.3, 0.4) is 0 Å². The number of anilines is 2. The summed E-state index contributed by atoms with van der Waals surface area (Å²) in [5.41, 5.74) is 0.0689. The van der Waals surface area contributed by atoms with Crippen molar-refractivity contribution in [3.8, 4) is 0 Å². The molecule has 0 saturated carbocycles.